The Labute approximate surface area is 120 Å². The zero-order valence-electron chi connectivity index (χ0n) is 11.6. The van der Waals surface area contributed by atoms with Crippen molar-refractivity contribution >= 4 is 9.84 Å². The topological polar surface area (TPSA) is 55.4 Å². The van der Waals surface area contributed by atoms with Crippen molar-refractivity contribution < 1.29 is 13.2 Å². The summed E-state index contributed by atoms with van der Waals surface area (Å²) in [5, 5.41) is 2.90. The zero-order chi connectivity index (χ0) is 14.4. The minimum Gasteiger partial charge on any atom is -0.481 e. The SMILES string of the molecule is CC#CCOc1ccc(S(=O)(=O)C2CCNCC2)cc1. The quantitative estimate of drug-likeness (QED) is 0.857. The third-order valence-corrected chi connectivity index (χ3v) is 5.64. The summed E-state index contributed by atoms with van der Waals surface area (Å²) in [6.07, 6.45) is 1.35. The molecule has 1 N–H and O–H groups in total. The minimum absolute atomic E-state index is 0.276. The van der Waals surface area contributed by atoms with Crippen LogP contribution in [0.3, 0.4) is 0 Å². The van der Waals surface area contributed by atoms with Gasteiger partial charge in [0.05, 0.1) is 10.1 Å². The second-order valence-corrected chi connectivity index (χ2v) is 6.91. The number of rotatable bonds is 4. The predicted molar refractivity (Wildman–Crippen MR) is 78.5 cm³/mol. The number of hydrogen-bond donors (Lipinski definition) is 1. The molecule has 1 saturated heterocycles. The van der Waals surface area contributed by atoms with E-state index in [4.69, 9.17) is 4.74 Å². The second-order valence-electron chi connectivity index (χ2n) is 4.68. The zero-order valence-corrected chi connectivity index (χ0v) is 12.4. The maximum Gasteiger partial charge on any atom is 0.181 e. The van der Waals surface area contributed by atoms with Gasteiger partial charge in [0.25, 0.3) is 0 Å². The molecule has 1 aromatic carbocycles. The van der Waals surface area contributed by atoms with Gasteiger partial charge in [-0.05, 0) is 57.1 Å². The molecule has 0 atom stereocenters. The summed E-state index contributed by atoms with van der Waals surface area (Å²) in [6, 6.07) is 6.61. The fourth-order valence-electron chi connectivity index (χ4n) is 2.22. The molecule has 0 saturated carbocycles. The van der Waals surface area contributed by atoms with Crippen LogP contribution < -0.4 is 10.1 Å². The molecule has 0 aliphatic carbocycles. The Balaban J connectivity index is 2.09. The largest absolute Gasteiger partial charge is 0.481 e. The third kappa shape index (κ3) is 3.53. The van der Waals surface area contributed by atoms with Crippen molar-refractivity contribution in [1.29, 1.82) is 0 Å². The van der Waals surface area contributed by atoms with Crippen LogP contribution in [0.5, 0.6) is 5.75 Å². The van der Waals surface area contributed by atoms with E-state index in [1.807, 2.05) is 0 Å². The van der Waals surface area contributed by atoms with E-state index in [-0.39, 0.29) is 5.25 Å². The molecule has 1 fully saturated rings. The average Bonchev–Trinajstić information content (AvgIpc) is 2.49. The van der Waals surface area contributed by atoms with Gasteiger partial charge in [0.15, 0.2) is 9.84 Å². The summed E-state index contributed by atoms with van der Waals surface area (Å²) in [4.78, 5) is 0.373. The van der Waals surface area contributed by atoms with E-state index in [1.165, 1.54) is 0 Å². The standard InChI is InChI=1S/C15H19NO3S/c1-2-3-12-19-13-4-6-14(7-5-13)20(17,18)15-8-10-16-11-9-15/h4-7,15-16H,8-12H2,1H3. The van der Waals surface area contributed by atoms with Crippen LogP contribution in [-0.4, -0.2) is 33.4 Å². The highest BCUT2D eigenvalue weighted by Gasteiger charge is 2.28. The van der Waals surface area contributed by atoms with E-state index in [0.717, 1.165) is 13.1 Å². The summed E-state index contributed by atoms with van der Waals surface area (Å²) in [5.41, 5.74) is 0. The summed E-state index contributed by atoms with van der Waals surface area (Å²) in [6.45, 7) is 3.59. The monoisotopic (exact) mass is 293 g/mol. The first kappa shape index (κ1) is 14.9. The van der Waals surface area contributed by atoms with Gasteiger partial charge in [0.2, 0.25) is 0 Å². The highest BCUT2D eigenvalue weighted by molar-refractivity contribution is 7.92. The Morgan fingerprint density at radius 1 is 1.25 bits per heavy atom. The van der Waals surface area contributed by atoms with E-state index in [1.54, 1.807) is 31.2 Å². The second kappa shape index (κ2) is 6.78. The molecule has 20 heavy (non-hydrogen) atoms. The van der Waals surface area contributed by atoms with Gasteiger partial charge in [0, 0.05) is 0 Å². The predicted octanol–water partition coefficient (Wildman–Crippen LogP) is 1.61. The fourth-order valence-corrected chi connectivity index (χ4v) is 3.97. The first-order valence-corrected chi connectivity index (χ1v) is 8.26. The van der Waals surface area contributed by atoms with Crippen molar-refractivity contribution in [2.24, 2.45) is 0 Å². The first-order chi connectivity index (χ1) is 9.64. The van der Waals surface area contributed by atoms with Crippen molar-refractivity contribution in [1.82, 2.24) is 5.32 Å². The highest BCUT2D eigenvalue weighted by Crippen LogP contribution is 2.24. The van der Waals surface area contributed by atoms with Crippen LogP contribution in [0.2, 0.25) is 0 Å². The smallest absolute Gasteiger partial charge is 0.181 e. The molecule has 108 valence electrons. The summed E-state index contributed by atoms with van der Waals surface area (Å²) < 4.78 is 30.3. The van der Waals surface area contributed by atoms with Crippen LogP contribution in [0.1, 0.15) is 19.8 Å². The maximum absolute atomic E-state index is 12.5. The van der Waals surface area contributed by atoms with E-state index < -0.39 is 9.84 Å². The number of benzene rings is 1. The lowest BCUT2D eigenvalue weighted by Crippen LogP contribution is -2.35. The van der Waals surface area contributed by atoms with Gasteiger partial charge in [-0.3, -0.25) is 0 Å². The Bertz CT molecular complexity index is 590. The Hall–Kier alpha value is -1.51. The van der Waals surface area contributed by atoms with Crippen molar-refractivity contribution in [3.05, 3.63) is 24.3 Å². The number of piperidine rings is 1. The van der Waals surface area contributed by atoms with Crippen LogP contribution >= 0.6 is 0 Å². The molecule has 0 amide bonds. The lowest BCUT2D eigenvalue weighted by Gasteiger charge is -2.22. The fraction of sp³-hybridized carbons (Fsp3) is 0.467. The van der Waals surface area contributed by atoms with Gasteiger partial charge < -0.3 is 10.1 Å². The van der Waals surface area contributed by atoms with E-state index >= 15 is 0 Å². The number of hydrogen-bond acceptors (Lipinski definition) is 4. The number of sulfone groups is 1. The van der Waals surface area contributed by atoms with Crippen molar-refractivity contribution in [2.75, 3.05) is 19.7 Å². The highest BCUT2D eigenvalue weighted by atomic mass is 32.2. The summed E-state index contributed by atoms with van der Waals surface area (Å²) in [7, 11) is -3.23. The molecule has 0 unspecified atom stereocenters. The number of ether oxygens (including phenoxy) is 1. The summed E-state index contributed by atoms with van der Waals surface area (Å²) in [5.74, 6) is 6.17. The van der Waals surface area contributed by atoms with Crippen molar-refractivity contribution in [2.45, 2.75) is 29.9 Å². The Kier molecular flexibility index (Phi) is 5.05. The molecule has 2 rings (SSSR count). The molecule has 4 nitrogen and oxygen atoms in total. The van der Waals surface area contributed by atoms with Gasteiger partial charge in [-0.25, -0.2) is 8.42 Å². The lowest BCUT2D eigenvalue weighted by molar-refractivity contribution is 0.370. The van der Waals surface area contributed by atoms with Crippen molar-refractivity contribution in [3.8, 4) is 17.6 Å². The van der Waals surface area contributed by atoms with E-state index in [9.17, 15) is 8.42 Å². The summed E-state index contributed by atoms with van der Waals surface area (Å²) >= 11 is 0. The van der Waals surface area contributed by atoms with Crippen LogP contribution in [0.25, 0.3) is 0 Å². The lowest BCUT2D eigenvalue weighted by atomic mass is 10.2. The van der Waals surface area contributed by atoms with E-state index in [0.29, 0.717) is 30.1 Å². The Morgan fingerprint density at radius 3 is 2.50 bits per heavy atom. The van der Waals surface area contributed by atoms with Gasteiger partial charge in [-0.15, -0.1) is 5.92 Å². The maximum atomic E-state index is 12.5. The number of nitrogens with one attached hydrogen (secondary N) is 1. The molecule has 0 radical (unpaired) electrons. The first-order valence-electron chi connectivity index (χ1n) is 6.71. The van der Waals surface area contributed by atoms with Crippen LogP contribution in [0.15, 0.2) is 29.2 Å². The normalized spacial score (nSPS) is 16.2. The molecule has 5 heteroatoms. The van der Waals surface area contributed by atoms with E-state index in [2.05, 4.69) is 17.2 Å². The van der Waals surface area contributed by atoms with Crippen LogP contribution in [0, 0.1) is 11.8 Å². The third-order valence-electron chi connectivity index (χ3n) is 3.37. The molecule has 1 aliphatic rings. The van der Waals surface area contributed by atoms with Gasteiger partial charge in [-0.1, -0.05) is 5.92 Å². The van der Waals surface area contributed by atoms with Gasteiger partial charge in [0.1, 0.15) is 12.4 Å². The average molecular weight is 293 g/mol. The molecule has 1 aromatic rings. The molecule has 1 heterocycles. The van der Waals surface area contributed by atoms with Crippen LogP contribution in [-0.2, 0) is 9.84 Å². The molecule has 0 spiro atoms. The molecule has 0 bridgehead atoms. The Morgan fingerprint density at radius 2 is 1.90 bits per heavy atom. The van der Waals surface area contributed by atoms with Gasteiger partial charge in [-0.2, -0.15) is 0 Å². The molecule has 0 aromatic heterocycles. The molecule has 1 aliphatic heterocycles. The minimum atomic E-state index is -3.23. The van der Waals surface area contributed by atoms with Gasteiger partial charge >= 0.3 is 0 Å². The molecular formula is C15H19NO3S. The molecular weight excluding hydrogens is 274 g/mol. The van der Waals surface area contributed by atoms with Crippen LogP contribution in [0.4, 0.5) is 0 Å². The van der Waals surface area contributed by atoms with Crippen molar-refractivity contribution in [3.63, 3.8) is 0 Å².